The molecule has 9 nitrogen and oxygen atoms in total. The molecule has 0 spiro atoms. The predicted molar refractivity (Wildman–Crippen MR) is 151 cm³/mol. The molecule has 220 valence electrons. The standard InChI is InChI=1S/C31H46N4O5/c1-17(2)24(34-27(37)18(3)4)30(40)35-16-21-23(31(21,5)6)25(35)28(38)33-22(14-19-12-13-19)26(36)29(39)32-15-20-10-8-7-9-11-20/h7-11,17-19,21-26,36H,12-16H2,1-6H3,(H,32,39)(H,33,38)(H,34,37)/t21-,22-,23-,24-,25-,26?/m0/s1. The molecule has 1 heterocycles. The highest BCUT2D eigenvalue weighted by Gasteiger charge is 2.69. The molecule has 1 unspecified atom stereocenters. The Kier molecular flexibility index (Phi) is 8.93. The number of aliphatic hydroxyl groups excluding tert-OH is 1. The third kappa shape index (κ3) is 6.51. The Morgan fingerprint density at radius 3 is 2.23 bits per heavy atom. The lowest BCUT2D eigenvalue weighted by atomic mass is 9.96. The molecule has 9 heteroatoms. The number of likely N-dealkylation sites (tertiary alicyclic amines) is 1. The first kappa shape index (κ1) is 30.0. The maximum atomic E-state index is 13.9. The molecule has 0 bridgehead atoms. The van der Waals surface area contributed by atoms with Crippen LogP contribution in [0.2, 0.25) is 0 Å². The largest absolute Gasteiger partial charge is 0.381 e. The number of rotatable bonds is 12. The molecule has 4 N–H and O–H groups in total. The fourth-order valence-electron chi connectivity index (χ4n) is 6.15. The third-order valence-electron chi connectivity index (χ3n) is 9.09. The van der Waals surface area contributed by atoms with Gasteiger partial charge in [-0.2, -0.15) is 0 Å². The van der Waals surface area contributed by atoms with Gasteiger partial charge in [-0.3, -0.25) is 19.2 Å². The van der Waals surface area contributed by atoms with Crippen molar-refractivity contribution in [3.8, 4) is 0 Å². The molecule has 6 atom stereocenters. The smallest absolute Gasteiger partial charge is 0.251 e. The zero-order chi connectivity index (χ0) is 29.4. The van der Waals surface area contributed by atoms with Crippen molar-refractivity contribution in [3.05, 3.63) is 35.9 Å². The predicted octanol–water partition coefficient (Wildman–Crippen LogP) is 2.23. The first-order chi connectivity index (χ1) is 18.8. The lowest BCUT2D eigenvalue weighted by Gasteiger charge is -2.35. The van der Waals surface area contributed by atoms with E-state index < -0.39 is 30.1 Å². The number of amides is 4. The fourth-order valence-corrected chi connectivity index (χ4v) is 6.15. The van der Waals surface area contributed by atoms with Crippen LogP contribution in [0.1, 0.15) is 66.4 Å². The molecule has 40 heavy (non-hydrogen) atoms. The summed E-state index contributed by atoms with van der Waals surface area (Å²) in [4.78, 5) is 54.7. The summed E-state index contributed by atoms with van der Waals surface area (Å²) in [5.74, 6) is -1.24. The van der Waals surface area contributed by atoms with Crippen LogP contribution in [0.25, 0.3) is 0 Å². The Balaban J connectivity index is 1.48. The molecule has 1 aromatic rings. The van der Waals surface area contributed by atoms with Crippen LogP contribution < -0.4 is 16.0 Å². The third-order valence-corrected chi connectivity index (χ3v) is 9.09. The molecule has 2 saturated carbocycles. The van der Waals surface area contributed by atoms with Crippen LogP contribution in [0.3, 0.4) is 0 Å². The maximum Gasteiger partial charge on any atom is 0.251 e. The van der Waals surface area contributed by atoms with E-state index in [0.29, 0.717) is 18.9 Å². The normalized spacial score (nSPS) is 25.1. The van der Waals surface area contributed by atoms with Crippen LogP contribution in [-0.2, 0) is 25.7 Å². The van der Waals surface area contributed by atoms with E-state index >= 15 is 0 Å². The minimum atomic E-state index is -1.41. The van der Waals surface area contributed by atoms with Crippen LogP contribution in [0.15, 0.2) is 30.3 Å². The molecule has 1 saturated heterocycles. The maximum absolute atomic E-state index is 13.9. The fraction of sp³-hybridized carbons (Fsp3) is 0.677. The Hall–Kier alpha value is -2.94. The molecule has 3 fully saturated rings. The molecule has 1 aliphatic heterocycles. The van der Waals surface area contributed by atoms with Gasteiger partial charge in [-0.05, 0) is 41.1 Å². The van der Waals surface area contributed by atoms with Gasteiger partial charge in [0.1, 0.15) is 12.1 Å². The van der Waals surface area contributed by atoms with Crippen LogP contribution in [0, 0.1) is 35.0 Å². The van der Waals surface area contributed by atoms with Crippen molar-refractivity contribution >= 4 is 23.6 Å². The van der Waals surface area contributed by atoms with E-state index in [1.54, 1.807) is 18.7 Å². The van der Waals surface area contributed by atoms with Gasteiger partial charge in [0.2, 0.25) is 17.7 Å². The number of hydrogen-bond acceptors (Lipinski definition) is 5. The van der Waals surface area contributed by atoms with E-state index in [1.807, 2.05) is 44.2 Å². The minimum absolute atomic E-state index is 0.0179. The second kappa shape index (κ2) is 11.9. The summed E-state index contributed by atoms with van der Waals surface area (Å²) in [6, 6.07) is 7.24. The van der Waals surface area contributed by atoms with Gasteiger partial charge >= 0.3 is 0 Å². The van der Waals surface area contributed by atoms with Crippen molar-refractivity contribution in [2.45, 2.75) is 91.6 Å². The van der Waals surface area contributed by atoms with Gasteiger partial charge in [-0.1, -0.05) is 84.7 Å². The minimum Gasteiger partial charge on any atom is -0.381 e. The Morgan fingerprint density at radius 1 is 1.00 bits per heavy atom. The van der Waals surface area contributed by atoms with E-state index in [-0.39, 0.29) is 53.4 Å². The van der Waals surface area contributed by atoms with Gasteiger partial charge in [-0.25, -0.2) is 0 Å². The van der Waals surface area contributed by atoms with Crippen molar-refractivity contribution in [2.24, 2.45) is 35.0 Å². The van der Waals surface area contributed by atoms with Crippen LogP contribution in [-0.4, -0.2) is 64.4 Å². The molecule has 0 radical (unpaired) electrons. The van der Waals surface area contributed by atoms with Gasteiger partial charge in [0.05, 0.1) is 6.04 Å². The van der Waals surface area contributed by atoms with Gasteiger partial charge in [0.25, 0.3) is 5.91 Å². The van der Waals surface area contributed by atoms with E-state index in [0.717, 1.165) is 18.4 Å². The lowest BCUT2D eigenvalue weighted by Crippen LogP contribution is -2.60. The molecule has 0 aromatic heterocycles. The Labute approximate surface area is 237 Å². The summed E-state index contributed by atoms with van der Waals surface area (Å²) in [6.45, 7) is 12.3. The molecule has 3 aliphatic rings. The summed E-state index contributed by atoms with van der Waals surface area (Å²) in [5, 5.41) is 19.7. The number of hydrogen-bond donors (Lipinski definition) is 4. The van der Waals surface area contributed by atoms with E-state index in [2.05, 4.69) is 29.8 Å². The number of carbonyl (C=O) groups excluding carboxylic acids is 4. The molecule has 2 aliphatic carbocycles. The first-order valence-corrected chi connectivity index (χ1v) is 14.7. The number of nitrogens with one attached hydrogen (secondary N) is 3. The summed E-state index contributed by atoms with van der Waals surface area (Å²) in [6.07, 6.45) is 1.10. The average Bonchev–Trinajstić information content (AvgIpc) is 3.76. The second-order valence-electron chi connectivity index (χ2n) is 13.2. The summed E-state index contributed by atoms with van der Waals surface area (Å²) >= 11 is 0. The van der Waals surface area contributed by atoms with E-state index in [9.17, 15) is 24.3 Å². The first-order valence-electron chi connectivity index (χ1n) is 14.7. The highest BCUT2D eigenvalue weighted by atomic mass is 16.3. The van der Waals surface area contributed by atoms with Crippen molar-refractivity contribution in [1.82, 2.24) is 20.9 Å². The van der Waals surface area contributed by atoms with Crippen molar-refractivity contribution in [2.75, 3.05) is 6.54 Å². The van der Waals surface area contributed by atoms with Crippen LogP contribution in [0.5, 0.6) is 0 Å². The molecule has 4 amide bonds. The zero-order valence-electron chi connectivity index (χ0n) is 24.6. The Bertz CT molecular complexity index is 1100. The van der Waals surface area contributed by atoms with Crippen LogP contribution >= 0.6 is 0 Å². The molecule has 4 rings (SSSR count). The number of carbonyl (C=O) groups is 4. The van der Waals surface area contributed by atoms with Crippen molar-refractivity contribution in [3.63, 3.8) is 0 Å². The summed E-state index contributed by atoms with van der Waals surface area (Å²) in [7, 11) is 0. The van der Waals surface area contributed by atoms with Crippen LogP contribution in [0.4, 0.5) is 0 Å². The van der Waals surface area contributed by atoms with E-state index in [4.69, 9.17) is 0 Å². The highest BCUT2D eigenvalue weighted by molar-refractivity contribution is 5.94. The number of benzene rings is 1. The van der Waals surface area contributed by atoms with Crippen molar-refractivity contribution in [1.29, 1.82) is 0 Å². The molecule has 1 aromatic carbocycles. The average molecular weight is 555 g/mol. The number of nitrogens with zero attached hydrogens (tertiary/aromatic N) is 1. The molecular weight excluding hydrogens is 508 g/mol. The SMILES string of the molecule is CC(C)C(=O)N[C@H](C(=O)N1C[C@H]2[C@@H]([C@H]1C(=O)N[C@@H](CC1CC1)C(O)C(=O)NCc1ccccc1)C2(C)C)C(C)C. The lowest BCUT2D eigenvalue weighted by molar-refractivity contribution is -0.145. The summed E-state index contributed by atoms with van der Waals surface area (Å²) < 4.78 is 0. The number of fused-ring (bicyclic) bond motifs is 1. The Morgan fingerprint density at radius 2 is 1.65 bits per heavy atom. The summed E-state index contributed by atoms with van der Waals surface area (Å²) in [5.41, 5.74) is 0.822. The highest BCUT2D eigenvalue weighted by Crippen LogP contribution is 2.65. The number of aliphatic hydroxyl groups is 1. The molecular formula is C31H46N4O5. The van der Waals surface area contributed by atoms with Gasteiger partial charge < -0.3 is 26.0 Å². The van der Waals surface area contributed by atoms with E-state index in [1.165, 1.54) is 0 Å². The van der Waals surface area contributed by atoms with Crippen molar-refractivity contribution < 1.29 is 24.3 Å². The van der Waals surface area contributed by atoms with Gasteiger partial charge in [-0.15, -0.1) is 0 Å². The monoisotopic (exact) mass is 554 g/mol. The quantitative estimate of drug-likeness (QED) is 0.315. The second-order valence-corrected chi connectivity index (χ2v) is 13.2. The zero-order valence-corrected chi connectivity index (χ0v) is 24.6. The number of piperidine rings is 1. The topological polar surface area (TPSA) is 128 Å². The van der Waals surface area contributed by atoms with Gasteiger partial charge in [0.15, 0.2) is 6.10 Å². The van der Waals surface area contributed by atoms with Gasteiger partial charge in [0, 0.05) is 19.0 Å².